The minimum Gasteiger partial charge on any atom is -0.391 e. The lowest BCUT2D eigenvalue weighted by atomic mass is 10.1. The summed E-state index contributed by atoms with van der Waals surface area (Å²) in [6.45, 7) is 4.69. The van der Waals surface area contributed by atoms with Gasteiger partial charge in [0, 0.05) is 13.0 Å². The van der Waals surface area contributed by atoms with Gasteiger partial charge in [0.05, 0.1) is 6.10 Å². The van der Waals surface area contributed by atoms with E-state index in [1.165, 1.54) is 0 Å². The van der Waals surface area contributed by atoms with Crippen molar-refractivity contribution in [2.75, 3.05) is 13.1 Å². The van der Waals surface area contributed by atoms with E-state index in [4.69, 9.17) is 5.73 Å². The SMILES string of the molecule is CC(C)C(O)CNC(=O)CCCN. The first-order chi connectivity index (χ1) is 6.07. The molecule has 0 aromatic rings. The fourth-order valence-electron chi connectivity index (χ4n) is 0.805. The number of rotatable bonds is 6. The van der Waals surface area contributed by atoms with E-state index < -0.39 is 6.10 Å². The molecule has 4 N–H and O–H groups in total. The standard InChI is InChI=1S/C9H20N2O2/c1-7(2)8(12)6-11-9(13)4-3-5-10/h7-8,12H,3-6,10H2,1-2H3,(H,11,13). The summed E-state index contributed by atoms with van der Waals surface area (Å²) in [6.07, 6.45) is 0.687. The molecule has 0 saturated heterocycles. The molecule has 0 radical (unpaired) electrons. The lowest BCUT2D eigenvalue weighted by Crippen LogP contribution is -2.34. The van der Waals surface area contributed by atoms with Crippen molar-refractivity contribution >= 4 is 5.91 Å². The fraction of sp³-hybridized carbons (Fsp3) is 0.889. The number of aliphatic hydroxyl groups excluding tert-OH is 1. The van der Waals surface area contributed by atoms with Crippen LogP contribution in [0, 0.1) is 5.92 Å². The molecule has 0 aliphatic carbocycles. The van der Waals surface area contributed by atoms with Gasteiger partial charge in [-0.15, -0.1) is 0 Å². The molecule has 0 aromatic carbocycles. The van der Waals surface area contributed by atoms with E-state index in [9.17, 15) is 9.90 Å². The van der Waals surface area contributed by atoms with Gasteiger partial charge in [0.2, 0.25) is 5.91 Å². The predicted octanol–water partition coefficient (Wildman–Crippen LogP) is -0.142. The van der Waals surface area contributed by atoms with Gasteiger partial charge in [0.25, 0.3) is 0 Å². The van der Waals surface area contributed by atoms with Crippen LogP contribution in [0.2, 0.25) is 0 Å². The Balaban J connectivity index is 3.46. The van der Waals surface area contributed by atoms with Crippen molar-refractivity contribution in [3.63, 3.8) is 0 Å². The van der Waals surface area contributed by atoms with Crippen molar-refractivity contribution in [1.29, 1.82) is 0 Å². The number of carbonyl (C=O) groups excluding carboxylic acids is 1. The molecule has 4 heteroatoms. The van der Waals surface area contributed by atoms with Crippen LogP contribution in [-0.2, 0) is 4.79 Å². The Hall–Kier alpha value is -0.610. The lowest BCUT2D eigenvalue weighted by molar-refractivity contribution is -0.121. The Labute approximate surface area is 79.5 Å². The summed E-state index contributed by atoms with van der Waals surface area (Å²) in [5.74, 6) is 0.139. The van der Waals surface area contributed by atoms with Crippen LogP contribution in [0.5, 0.6) is 0 Å². The molecule has 1 unspecified atom stereocenters. The number of nitrogens with two attached hydrogens (primary N) is 1. The molecule has 0 fully saturated rings. The first-order valence-electron chi connectivity index (χ1n) is 4.72. The summed E-state index contributed by atoms with van der Waals surface area (Å²) < 4.78 is 0. The summed E-state index contributed by atoms with van der Waals surface area (Å²) in [6, 6.07) is 0. The summed E-state index contributed by atoms with van der Waals surface area (Å²) in [5, 5.41) is 12.0. The molecule has 0 heterocycles. The third-order valence-corrected chi connectivity index (χ3v) is 1.89. The Morgan fingerprint density at radius 3 is 2.62 bits per heavy atom. The number of hydrogen-bond donors (Lipinski definition) is 3. The van der Waals surface area contributed by atoms with Crippen LogP contribution in [0.25, 0.3) is 0 Å². The van der Waals surface area contributed by atoms with Crippen LogP contribution in [-0.4, -0.2) is 30.2 Å². The van der Waals surface area contributed by atoms with Gasteiger partial charge in [-0.3, -0.25) is 4.79 Å². The van der Waals surface area contributed by atoms with Gasteiger partial charge in [0.1, 0.15) is 0 Å². The lowest BCUT2D eigenvalue weighted by Gasteiger charge is -2.14. The fourth-order valence-corrected chi connectivity index (χ4v) is 0.805. The van der Waals surface area contributed by atoms with Gasteiger partial charge in [0.15, 0.2) is 0 Å². The molecule has 1 amide bonds. The van der Waals surface area contributed by atoms with Crippen molar-refractivity contribution in [3.8, 4) is 0 Å². The van der Waals surface area contributed by atoms with Crippen LogP contribution in [0.1, 0.15) is 26.7 Å². The van der Waals surface area contributed by atoms with Crippen molar-refractivity contribution in [2.45, 2.75) is 32.8 Å². The van der Waals surface area contributed by atoms with E-state index in [1.807, 2.05) is 13.8 Å². The van der Waals surface area contributed by atoms with Gasteiger partial charge in [-0.05, 0) is 18.9 Å². The third kappa shape index (κ3) is 6.54. The van der Waals surface area contributed by atoms with Gasteiger partial charge >= 0.3 is 0 Å². The monoisotopic (exact) mass is 188 g/mol. The molecule has 0 bridgehead atoms. The molecule has 13 heavy (non-hydrogen) atoms. The second-order valence-corrected chi connectivity index (χ2v) is 3.51. The average molecular weight is 188 g/mol. The molecule has 0 spiro atoms. The molecular weight excluding hydrogens is 168 g/mol. The minimum absolute atomic E-state index is 0.0369. The smallest absolute Gasteiger partial charge is 0.220 e. The minimum atomic E-state index is -0.457. The Kier molecular flexibility index (Phi) is 6.54. The van der Waals surface area contributed by atoms with Gasteiger partial charge in [-0.25, -0.2) is 0 Å². The number of hydrogen-bond acceptors (Lipinski definition) is 3. The van der Waals surface area contributed by atoms with Gasteiger partial charge < -0.3 is 16.2 Å². The maximum absolute atomic E-state index is 11.1. The molecule has 4 nitrogen and oxygen atoms in total. The van der Waals surface area contributed by atoms with E-state index in [-0.39, 0.29) is 11.8 Å². The highest BCUT2D eigenvalue weighted by molar-refractivity contribution is 5.75. The quantitative estimate of drug-likeness (QED) is 0.543. The molecule has 0 aliphatic rings. The van der Waals surface area contributed by atoms with Crippen LogP contribution >= 0.6 is 0 Å². The van der Waals surface area contributed by atoms with Crippen molar-refractivity contribution < 1.29 is 9.90 Å². The zero-order valence-electron chi connectivity index (χ0n) is 8.42. The van der Waals surface area contributed by atoms with E-state index >= 15 is 0 Å². The van der Waals surface area contributed by atoms with Crippen LogP contribution in [0.4, 0.5) is 0 Å². The largest absolute Gasteiger partial charge is 0.391 e. The first kappa shape index (κ1) is 12.4. The predicted molar refractivity (Wildman–Crippen MR) is 52.1 cm³/mol. The van der Waals surface area contributed by atoms with Crippen LogP contribution in [0.15, 0.2) is 0 Å². The molecule has 0 aliphatic heterocycles. The van der Waals surface area contributed by atoms with Crippen molar-refractivity contribution in [2.24, 2.45) is 11.7 Å². The summed E-state index contributed by atoms with van der Waals surface area (Å²) >= 11 is 0. The topological polar surface area (TPSA) is 75.3 Å². The maximum Gasteiger partial charge on any atom is 0.220 e. The van der Waals surface area contributed by atoms with Gasteiger partial charge in [-0.2, -0.15) is 0 Å². The normalized spacial score (nSPS) is 13.0. The summed E-state index contributed by atoms with van der Waals surface area (Å²) in [7, 11) is 0. The Morgan fingerprint density at radius 2 is 2.15 bits per heavy atom. The molecular formula is C9H20N2O2. The zero-order chi connectivity index (χ0) is 10.3. The molecule has 78 valence electrons. The number of nitrogens with one attached hydrogen (secondary N) is 1. The zero-order valence-corrected chi connectivity index (χ0v) is 8.42. The van der Waals surface area contributed by atoms with Crippen molar-refractivity contribution in [1.82, 2.24) is 5.32 Å². The van der Waals surface area contributed by atoms with Gasteiger partial charge in [-0.1, -0.05) is 13.8 Å². The van der Waals surface area contributed by atoms with E-state index in [2.05, 4.69) is 5.32 Å². The van der Waals surface area contributed by atoms with Crippen molar-refractivity contribution in [3.05, 3.63) is 0 Å². The second kappa shape index (κ2) is 6.86. The average Bonchev–Trinajstić information content (AvgIpc) is 2.10. The second-order valence-electron chi connectivity index (χ2n) is 3.51. The third-order valence-electron chi connectivity index (χ3n) is 1.89. The summed E-state index contributed by atoms with van der Waals surface area (Å²) in [4.78, 5) is 11.1. The number of amides is 1. The van der Waals surface area contributed by atoms with Crippen LogP contribution < -0.4 is 11.1 Å². The highest BCUT2D eigenvalue weighted by atomic mass is 16.3. The van der Waals surface area contributed by atoms with Crippen LogP contribution in [0.3, 0.4) is 0 Å². The molecule has 0 aromatic heterocycles. The Bertz CT molecular complexity index is 149. The van der Waals surface area contributed by atoms with E-state index in [0.717, 1.165) is 0 Å². The molecule has 0 saturated carbocycles. The summed E-state index contributed by atoms with van der Waals surface area (Å²) in [5.41, 5.74) is 5.25. The molecule has 1 atom stereocenters. The van der Waals surface area contributed by atoms with E-state index in [0.29, 0.717) is 25.9 Å². The number of carbonyl (C=O) groups is 1. The Morgan fingerprint density at radius 1 is 1.54 bits per heavy atom. The number of aliphatic hydroxyl groups is 1. The highest BCUT2D eigenvalue weighted by Crippen LogP contribution is 1.98. The highest BCUT2D eigenvalue weighted by Gasteiger charge is 2.09. The first-order valence-corrected chi connectivity index (χ1v) is 4.72. The van der Waals surface area contributed by atoms with E-state index in [1.54, 1.807) is 0 Å². The molecule has 0 rings (SSSR count). The maximum atomic E-state index is 11.1.